The van der Waals surface area contributed by atoms with E-state index in [-0.39, 0.29) is 11.5 Å². The van der Waals surface area contributed by atoms with Crippen molar-refractivity contribution >= 4 is 11.5 Å². The molecule has 0 fully saturated rings. The Morgan fingerprint density at radius 1 is 1.80 bits per heavy atom. The molecule has 0 aromatic carbocycles. The monoisotopic (exact) mass is 140 g/mol. The van der Waals surface area contributed by atoms with Crippen molar-refractivity contribution in [1.82, 2.24) is 14.6 Å². The van der Waals surface area contributed by atoms with Crippen LogP contribution < -0.4 is 11.5 Å². The number of rotatable bonds is 0. The van der Waals surface area contributed by atoms with Crippen LogP contribution in [0.1, 0.15) is 0 Å². The minimum atomic E-state index is -0.538. The van der Waals surface area contributed by atoms with Crippen LogP contribution in [0.4, 0.5) is 5.82 Å². The molecule has 0 aliphatic heterocycles. The van der Waals surface area contributed by atoms with Crippen molar-refractivity contribution in [2.75, 3.05) is 5.73 Å². The summed E-state index contributed by atoms with van der Waals surface area (Å²) in [5, 5.41) is 2.33. The van der Waals surface area contributed by atoms with E-state index < -0.39 is 5.76 Å². The maximum Gasteiger partial charge on any atom is 0.433 e. The summed E-state index contributed by atoms with van der Waals surface area (Å²) in [6, 6.07) is 0. The van der Waals surface area contributed by atoms with Crippen LogP contribution in [0, 0.1) is 0 Å². The summed E-state index contributed by atoms with van der Waals surface area (Å²) in [5.41, 5.74) is 5.56. The van der Waals surface area contributed by atoms with E-state index in [2.05, 4.69) is 14.5 Å². The zero-order chi connectivity index (χ0) is 7.14. The smallest absolute Gasteiger partial charge is 0.386 e. The molecule has 10 heavy (non-hydrogen) atoms. The Labute approximate surface area is 54.3 Å². The number of nitrogens with one attached hydrogen (secondary N) is 1. The number of nitrogens with two attached hydrogens (primary N) is 1. The van der Waals surface area contributed by atoms with Crippen LogP contribution in [-0.2, 0) is 0 Å². The highest BCUT2D eigenvalue weighted by Gasteiger charge is 2.03. The summed E-state index contributed by atoms with van der Waals surface area (Å²) in [4.78, 5) is 14.1. The van der Waals surface area contributed by atoms with Gasteiger partial charge in [-0.25, -0.2) is 19.4 Å². The van der Waals surface area contributed by atoms with Gasteiger partial charge in [-0.15, -0.1) is 0 Å². The molecule has 0 radical (unpaired) electrons. The fourth-order valence-electron chi connectivity index (χ4n) is 0.741. The third kappa shape index (κ3) is 0.471. The molecule has 6 nitrogen and oxygen atoms in total. The summed E-state index contributed by atoms with van der Waals surface area (Å²) in [7, 11) is 0. The molecule has 0 aliphatic carbocycles. The second-order valence-corrected chi connectivity index (χ2v) is 1.81. The largest absolute Gasteiger partial charge is 0.433 e. The van der Waals surface area contributed by atoms with Crippen LogP contribution in [0.5, 0.6) is 0 Å². The molecule has 0 bridgehead atoms. The lowest BCUT2D eigenvalue weighted by Crippen LogP contribution is -1.97. The number of nitrogens with zero attached hydrogens (tertiary/aromatic N) is 2. The maximum atomic E-state index is 10.5. The summed E-state index contributed by atoms with van der Waals surface area (Å²) < 4.78 is 5.92. The molecule has 0 aliphatic rings. The first-order valence-corrected chi connectivity index (χ1v) is 2.59. The molecule has 0 atom stereocenters. The number of nitrogen functional groups attached to an aromatic ring is 1. The molecule has 2 aromatic rings. The van der Waals surface area contributed by atoms with Crippen LogP contribution >= 0.6 is 0 Å². The second kappa shape index (κ2) is 1.41. The summed E-state index contributed by atoms with van der Waals surface area (Å²) in [6.45, 7) is 0. The zero-order valence-corrected chi connectivity index (χ0v) is 4.87. The normalized spacial score (nSPS) is 10.8. The molecule has 52 valence electrons. The number of aromatic nitrogens is 3. The molecule has 2 aromatic heterocycles. The fourth-order valence-corrected chi connectivity index (χ4v) is 0.741. The van der Waals surface area contributed by atoms with Gasteiger partial charge in [-0.2, -0.15) is 0 Å². The molecule has 0 amide bonds. The van der Waals surface area contributed by atoms with E-state index >= 15 is 0 Å². The van der Waals surface area contributed by atoms with Crippen LogP contribution in [0.2, 0.25) is 0 Å². The molecule has 0 spiro atoms. The van der Waals surface area contributed by atoms with Gasteiger partial charge in [-0.05, 0) is 0 Å². The van der Waals surface area contributed by atoms with E-state index in [9.17, 15) is 4.79 Å². The summed E-state index contributed by atoms with van der Waals surface area (Å²) >= 11 is 0. The van der Waals surface area contributed by atoms with Gasteiger partial charge in [0.15, 0.2) is 5.82 Å². The lowest BCUT2D eigenvalue weighted by Gasteiger charge is -1.74. The highest BCUT2D eigenvalue weighted by molar-refractivity contribution is 5.55. The molecule has 0 unspecified atom stereocenters. The minimum Gasteiger partial charge on any atom is -0.386 e. The second-order valence-electron chi connectivity index (χ2n) is 1.81. The highest BCUT2D eigenvalue weighted by Crippen LogP contribution is 2.05. The zero-order valence-electron chi connectivity index (χ0n) is 4.87. The predicted molar refractivity (Wildman–Crippen MR) is 32.5 cm³/mol. The Morgan fingerprint density at radius 2 is 2.60 bits per heavy atom. The highest BCUT2D eigenvalue weighted by atomic mass is 16.4. The Hall–Kier alpha value is -1.72. The standard InChI is InChI=1S/C4H4N4O2/c5-2-3-8(1-6-2)7-4(9)10-3/h1H,5H2,(H,7,9). The lowest BCUT2D eigenvalue weighted by molar-refractivity contribution is 0.555. The quantitative estimate of drug-likeness (QED) is 0.501. The van der Waals surface area contributed by atoms with Crippen LogP contribution in [0.25, 0.3) is 5.71 Å². The number of imidazole rings is 1. The van der Waals surface area contributed by atoms with Crippen LogP contribution in [0.3, 0.4) is 0 Å². The SMILES string of the molecule is Nc1ncn2[nH]c(=O)oc12. The molecule has 3 N–H and O–H groups in total. The van der Waals surface area contributed by atoms with Gasteiger partial charge in [0.2, 0.25) is 0 Å². The minimum absolute atomic E-state index is 0.207. The Bertz CT molecular complexity index is 408. The molecule has 2 heterocycles. The van der Waals surface area contributed by atoms with Gasteiger partial charge in [0.1, 0.15) is 6.33 Å². The predicted octanol–water partition coefficient (Wildman–Crippen LogP) is -0.802. The first kappa shape index (κ1) is 5.10. The summed E-state index contributed by atoms with van der Waals surface area (Å²) in [5.74, 6) is -0.331. The maximum absolute atomic E-state index is 10.5. The van der Waals surface area contributed by atoms with Crippen molar-refractivity contribution in [1.29, 1.82) is 0 Å². The van der Waals surface area contributed by atoms with Gasteiger partial charge in [-0.1, -0.05) is 0 Å². The van der Waals surface area contributed by atoms with Crippen molar-refractivity contribution < 1.29 is 4.42 Å². The summed E-state index contributed by atoms with van der Waals surface area (Å²) in [6.07, 6.45) is 1.37. The number of H-pyrrole nitrogens is 1. The average Bonchev–Trinajstić information content (AvgIpc) is 2.35. The third-order valence-electron chi connectivity index (χ3n) is 1.15. The molecule has 2 rings (SSSR count). The van der Waals surface area contributed by atoms with Crippen LogP contribution in [0.15, 0.2) is 15.5 Å². The molecular formula is C4H4N4O2. The first-order chi connectivity index (χ1) is 4.77. The number of hydrogen-bond donors (Lipinski definition) is 2. The molecule has 0 saturated carbocycles. The molecule has 0 saturated heterocycles. The van der Waals surface area contributed by atoms with E-state index in [4.69, 9.17) is 5.73 Å². The Kier molecular flexibility index (Phi) is 0.717. The van der Waals surface area contributed by atoms with Crippen molar-refractivity contribution in [3.63, 3.8) is 0 Å². The number of hydrogen-bond acceptors (Lipinski definition) is 4. The van der Waals surface area contributed by atoms with Gasteiger partial charge in [-0.3, -0.25) is 0 Å². The topological polar surface area (TPSA) is 89.3 Å². The van der Waals surface area contributed by atoms with E-state index in [0.717, 1.165) is 0 Å². The van der Waals surface area contributed by atoms with Gasteiger partial charge in [0.25, 0.3) is 5.71 Å². The first-order valence-electron chi connectivity index (χ1n) is 2.59. The van der Waals surface area contributed by atoms with Crippen molar-refractivity contribution in [3.05, 3.63) is 16.9 Å². The third-order valence-corrected chi connectivity index (χ3v) is 1.15. The van der Waals surface area contributed by atoms with E-state index in [1.54, 1.807) is 0 Å². The number of fused-ring (bicyclic) bond motifs is 1. The van der Waals surface area contributed by atoms with Crippen molar-refractivity contribution in [2.45, 2.75) is 0 Å². The number of aromatic amines is 1. The van der Waals surface area contributed by atoms with E-state index in [1.807, 2.05) is 0 Å². The van der Waals surface area contributed by atoms with Crippen molar-refractivity contribution in [2.24, 2.45) is 0 Å². The van der Waals surface area contributed by atoms with Gasteiger partial charge < -0.3 is 10.2 Å². The molecular weight excluding hydrogens is 136 g/mol. The van der Waals surface area contributed by atoms with Crippen LogP contribution in [-0.4, -0.2) is 14.6 Å². The Balaban J connectivity index is 3.03. The van der Waals surface area contributed by atoms with Gasteiger partial charge in [0.05, 0.1) is 0 Å². The van der Waals surface area contributed by atoms with Gasteiger partial charge >= 0.3 is 5.76 Å². The fraction of sp³-hybridized carbons (Fsp3) is 0. The number of anilines is 1. The van der Waals surface area contributed by atoms with E-state index in [1.165, 1.54) is 10.8 Å². The molecule has 6 heteroatoms. The van der Waals surface area contributed by atoms with Gasteiger partial charge in [0, 0.05) is 0 Å². The van der Waals surface area contributed by atoms with E-state index in [0.29, 0.717) is 0 Å². The average molecular weight is 140 g/mol. The Morgan fingerprint density at radius 3 is 3.30 bits per heavy atom. The van der Waals surface area contributed by atoms with Crippen molar-refractivity contribution in [3.8, 4) is 0 Å². The lowest BCUT2D eigenvalue weighted by atomic mass is 10.8.